The van der Waals surface area contributed by atoms with E-state index in [-0.39, 0.29) is 17.4 Å². The average molecular weight is 270 g/mol. The highest BCUT2D eigenvalue weighted by Crippen LogP contribution is 2.16. The summed E-state index contributed by atoms with van der Waals surface area (Å²) in [6.45, 7) is 6.32. The van der Waals surface area contributed by atoms with Gasteiger partial charge in [0, 0.05) is 0 Å². The molecule has 1 unspecified atom stereocenters. The zero-order valence-corrected chi connectivity index (χ0v) is 12.2. The molecule has 1 aromatic rings. The van der Waals surface area contributed by atoms with E-state index in [1.54, 1.807) is 24.3 Å². The van der Waals surface area contributed by atoms with E-state index in [0.717, 1.165) is 24.8 Å². The van der Waals surface area contributed by atoms with Crippen molar-refractivity contribution in [2.75, 3.05) is 6.61 Å². The zero-order chi connectivity index (χ0) is 13.6. The van der Waals surface area contributed by atoms with Crippen LogP contribution in [0.2, 0.25) is 0 Å². The van der Waals surface area contributed by atoms with Gasteiger partial charge < -0.3 is 0 Å². The van der Waals surface area contributed by atoms with Crippen LogP contribution in [0.4, 0.5) is 0 Å². The second-order valence-electron chi connectivity index (χ2n) is 4.80. The Hall–Kier alpha value is -0.870. The summed E-state index contributed by atoms with van der Waals surface area (Å²) in [4.78, 5) is 0.232. The molecule has 0 saturated heterocycles. The predicted molar refractivity (Wildman–Crippen MR) is 73.0 cm³/mol. The van der Waals surface area contributed by atoms with Gasteiger partial charge in [0.1, 0.15) is 0 Å². The third-order valence-electron chi connectivity index (χ3n) is 2.87. The minimum Gasteiger partial charge on any atom is -0.266 e. The summed E-state index contributed by atoms with van der Waals surface area (Å²) in [5.74, 6) is 0.269. The first-order valence-electron chi connectivity index (χ1n) is 6.42. The Kier molecular flexibility index (Phi) is 5.82. The molecule has 1 aromatic carbocycles. The first-order valence-corrected chi connectivity index (χ1v) is 7.82. The maximum Gasteiger partial charge on any atom is 0.296 e. The molecule has 18 heavy (non-hydrogen) atoms. The molecule has 1 atom stereocenters. The van der Waals surface area contributed by atoms with E-state index in [1.807, 2.05) is 13.8 Å². The molecule has 3 nitrogen and oxygen atoms in total. The minimum absolute atomic E-state index is 0.232. The van der Waals surface area contributed by atoms with Crippen LogP contribution in [0.15, 0.2) is 29.2 Å². The van der Waals surface area contributed by atoms with Crippen molar-refractivity contribution in [3.8, 4) is 0 Å². The van der Waals surface area contributed by atoms with E-state index in [1.165, 1.54) is 0 Å². The summed E-state index contributed by atoms with van der Waals surface area (Å²) in [6.07, 6.45) is 3.23. The topological polar surface area (TPSA) is 43.4 Å². The SMILES string of the molecule is CCCCC(C)COS(=O)(=O)c1ccc(C)cc1. The number of hydrogen-bond donors (Lipinski definition) is 0. The summed E-state index contributed by atoms with van der Waals surface area (Å²) in [7, 11) is -3.60. The van der Waals surface area contributed by atoms with Gasteiger partial charge in [0.2, 0.25) is 0 Å². The zero-order valence-electron chi connectivity index (χ0n) is 11.3. The van der Waals surface area contributed by atoms with Crippen LogP contribution in [-0.4, -0.2) is 15.0 Å². The summed E-state index contributed by atoms with van der Waals surface area (Å²) in [6, 6.07) is 6.72. The number of unbranched alkanes of at least 4 members (excludes halogenated alkanes) is 1. The van der Waals surface area contributed by atoms with Gasteiger partial charge in [-0.25, -0.2) is 0 Å². The molecule has 0 aliphatic rings. The summed E-state index contributed by atoms with van der Waals surface area (Å²) in [5, 5.41) is 0. The van der Waals surface area contributed by atoms with Crippen LogP contribution in [0.1, 0.15) is 38.7 Å². The van der Waals surface area contributed by atoms with Crippen molar-refractivity contribution in [1.82, 2.24) is 0 Å². The quantitative estimate of drug-likeness (QED) is 0.712. The fourth-order valence-corrected chi connectivity index (χ4v) is 2.63. The maximum atomic E-state index is 11.9. The van der Waals surface area contributed by atoms with Gasteiger partial charge in [0.15, 0.2) is 0 Å². The van der Waals surface area contributed by atoms with Gasteiger partial charge >= 0.3 is 0 Å². The Bertz CT molecular complexity index is 448. The molecule has 0 radical (unpaired) electrons. The molecule has 0 heterocycles. The molecule has 0 aliphatic carbocycles. The van der Waals surface area contributed by atoms with Gasteiger partial charge in [-0.15, -0.1) is 0 Å². The van der Waals surface area contributed by atoms with Gasteiger partial charge in [-0.1, -0.05) is 44.4 Å². The van der Waals surface area contributed by atoms with Crippen LogP contribution in [0.3, 0.4) is 0 Å². The molecular weight excluding hydrogens is 248 g/mol. The van der Waals surface area contributed by atoms with E-state index in [2.05, 4.69) is 6.92 Å². The highest BCUT2D eigenvalue weighted by molar-refractivity contribution is 7.86. The van der Waals surface area contributed by atoms with Crippen LogP contribution >= 0.6 is 0 Å². The average Bonchev–Trinajstić information content (AvgIpc) is 2.34. The van der Waals surface area contributed by atoms with Crippen molar-refractivity contribution in [3.05, 3.63) is 29.8 Å². The third kappa shape index (κ3) is 4.78. The number of rotatable bonds is 7. The van der Waals surface area contributed by atoms with E-state index in [0.29, 0.717) is 0 Å². The van der Waals surface area contributed by atoms with E-state index in [4.69, 9.17) is 4.18 Å². The van der Waals surface area contributed by atoms with E-state index in [9.17, 15) is 8.42 Å². The fourth-order valence-electron chi connectivity index (χ4n) is 1.61. The van der Waals surface area contributed by atoms with Crippen molar-refractivity contribution < 1.29 is 12.6 Å². The highest BCUT2D eigenvalue weighted by atomic mass is 32.2. The second kappa shape index (κ2) is 6.90. The monoisotopic (exact) mass is 270 g/mol. The van der Waals surface area contributed by atoms with Crippen LogP contribution < -0.4 is 0 Å². The lowest BCUT2D eigenvalue weighted by Crippen LogP contribution is -2.12. The van der Waals surface area contributed by atoms with Crippen LogP contribution in [-0.2, 0) is 14.3 Å². The Morgan fingerprint density at radius 1 is 1.22 bits per heavy atom. The standard InChI is InChI=1S/C14H22O3S/c1-4-5-6-13(3)11-17-18(15,16)14-9-7-12(2)8-10-14/h7-10,13H,4-6,11H2,1-3H3. The first kappa shape index (κ1) is 15.2. The molecule has 0 N–H and O–H groups in total. The first-order chi connectivity index (χ1) is 8.45. The van der Waals surface area contributed by atoms with Gasteiger partial charge in [-0.05, 0) is 31.4 Å². The smallest absolute Gasteiger partial charge is 0.266 e. The highest BCUT2D eigenvalue weighted by Gasteiger charge is 2.16. The fraction of sp³-hybridized carbons (Fsp3) is 0.571. The molecule has 0 spiro atoms. The normalized spacial score (nSPS) is 13.5. The largest absolute Gasteiger partial charge is 0.296 e. The lowest BCUT2D eigenvalue weighted by atomic mass is 10.1. The van der Waals surface area contributed by atoms with Crippen molar-refractivity contribution >= 4 is 10.1 Å². The molecule has 0 aromatic heterocycles. The molecule has 0 aliphatic heterocycles. The predicted octanol–water partition coefficient (Wildman–Crippen LogP) is 3.53. The van der Waals surface area contributed by atoms with Gasteiger partial charge in [-0.3, -0.25) is 4.18 Å². The van der Waals surface area contributed by atoms with Gasteiger partial charge in [-0.2, -0.15) is 8.42 Å². The number of aryl methyl sites for hydroxylation is 1. The minimum atomic E-state index is -3.60. The molecule has 1 rings (SSSR count). The van der Waals surface area contributed by atoms with Gasteiger partial charge in [0.25, 0.3) is 10.1 Å². The van der Waals surface area contributed by atoms with Crippen LogP contribution in [0.5, 0.6) is 0 Å². The number of benzene rings is 1. The summed E-state index contributed by atoms with van der Waals surface area (Å²) in [5.41, 5.74) is 1.03. The van der Waals surface area contributed by atoms with Crippen molar-refractivity contribution in [1.29, 1.82) is 0 Å². The molecule has 0 fully saturated rings. The maximum absolute atomic E-state index is 11.9. The summed E-state index contributed by atoms with van der Waals surface area (Å²) >= 11 is 0. The Morgan fingerprint density at radius 2 is 1.83 bits per heavy atom. The lowest BCUT2D eigenvalue weighted by molar-refractivity contribution is 0.254. The molecule has 4 heteroatoms. The van der Waals surface area contributed by atoms with Crippen LogP contribution in [0.25, 0.3) is 0 Å². The van der Waals surface area contributed by atoms with Gasteiger partial charge in [0.05, 0.1) is 11.5 Å². The third-order valence-corrected chi connectivity index (χ3v) is 4.16. The number of hydrogen-bond acceptors (Lipinski definition) is 3. The van der Waals surface area contributed by atoms with E-state index < -0.39 is 10.1 Å². The Morgan fingerprint density at radius 3 is 2.39 bits per heavy atom. The molecule has 0 amide bonds. The Labute approximate surface area is 110 Å². The molecular formula is C14H22O3S. The van der Waals surface area contributed by atoms with Crippen molar-refractivity contribution in [2.45, 2.75) is 44.9 Å². The van der Waals surface area contributed by atoms with Crippen molar-refractivity contribution in [2.24, 2.45) is 5.92 Å². The van der Waals surface area contributed by atoms with Crippen LogP contribution in [0, 0.1) is 12.8 Å². The van der Waals surface area contributed by atoms with Crippen molar-refractivity contribution in [3.63, 3.8) is 0 Å². The van der Waals surface area contributed by atoms with E-state index >= 15 is 0 Å². The second-order valence-corrected chi connectivity index (χ2v) is 6.41. The lowest BCUT2D eigenvalue weighted by Gasteiger charge is -2.11. The Balaban J connectivity index is 2.57. The molecule has 0 bridgehead atoms. The molecule has 0 saturated carbocycles. The molecule has 102 valence electrons. The summed E-state index contributed by atoms with van der Waals surface area (Å²) < 4.78 is 28.9.